The number of rotatable bonds is 6. The van der Waals surface area contributed by atoms with E-state index < -0.39 is 10.0 Å². The van der Waals surface area contributed by atoms with Crippen molar-refractivity contribution in [3.63, 3.8) is 0 Å². The van der Waals surface area contributed by atoms with Gasteiger partial charge in [0.2, 0.25) is 10.0 Å². The second-order valence-electron chi connectivity index (χ2n) is 4.53. The zero-order valence-corrected chi connectivity index (χ0v) is 12.9. The van der Waals surface area contributed by atoms with E-state index in [4.69, 9.17) is 0 Å². The molecule has 3 nitrogen and oxygen atoms in total. The van der Waals surface area contributed by atoms with E-state index in [0.717, 1.165) is 10.4 Å². The predicted octanol–water partition coefficient (Wildman–Crippen LogP) is 3.65. The summed E-state index contributed by atoms with van der Waals surface area (Å²) in [5, 5.41) is 1.94. The molecule has 1 heterocycles. The maximum absolute atomic E-state index is 12.4. The van der Waals surface area contributed by atoms with Crippen LogP contribution in [0.15, 0.2) is 59.3 Å². The Bertz CT molecular complexity index is 658. The Kier molecular flexibility index (Phi) is 4.75. The molecule has 20 heavy (non-hydrogen) atoms. The van der Waals surface area contributed by atoms with E-state index in [2.05, 4.69) is 11.3 Å². The summed E-state index contributed by atoms with van der Waals surface area (Å²) in [4.78, 5) is 1.27. The van der Waals surface area contributed by atoms with Gasteiger partial charge in [-0.1, -0.05) is 29.8 Å². The SMILES string of the molecule is C=CCC(NS(=O)(=O)c1ccc(C)cc1)c1cccs1. The van der Waals surface area contributed by atoms with Gasteiger partial charge in [0, 0.05) is 4.88 Å². The second kappa shape index (κ2) is 6.35. The maximum atomic E-state index is 12.4. The van der Waals surface area contributed by atoms with Crippen LogP contribution in [0.2, 0.25) is 0 Å². The molecule has 1 atom stereocenters. The topological polar surface area (TPSA) is 46.2 Å². The maximum Gasteiger partial charge on any atom is 0.241 e. The van der Waals surface area contributed by atoms with Gasteiger partial charge in [0.15, 0.2) is 0 Å². The smallest absolute Gasteiger partial charge is 0.207 e. The Labute approximate surface area is 124 Å². The molecule has 0 amide bonds. The monoisotopic (exact) mass is 307 g/mol. The van der Waals surface area contributed by atoms with E-state index in [9.17, 15) is 8.42 Å². The predicted molar refractivity (Wildman–Crippen MR) is 83.4 cm³/mol. The number of thiophene rings is 1. The molecule has 0 fully saturated rings. The molecule has 0 aliphatic heterocycles. The molecule has 0 radical (unpaired) electrons. The third-order valence-electron chi connectivity index (χ3n) is 2.92. The Morgan fingerprint density at radius 2 is 2.00 bits per heavy atom. The molecule has 1 N–H and O–H groups in total. The summed E-state index contributed by atoms with van der Waals surface area (Å²) in [5.74, 6) is 0. The standard InChI is InChI=1S/C15H17NO2S2/c1-3-5-14(15-6-4-11-19-15)16-20(17,18)13-9-7-12(2)8-10-13/h3-4,6-11,14,16H,1,5H2,2H3. The summed E-state index contributed by atoms with van der Waals surface area (Å²) in [6, 6.07) is 10.4. The third kappa shape index (κ3) is 3.56. The van der Waals surface area contributed by atoms with Gasteiger partial charge in [-0.25, -0.2) is 13.1 Å². The van der Waals surface area contributed by atoms with E-state index in [1.54, 1.807) is 30.3 Å². The number of hydrogen-bond donors (Lipinski definition) is 1. The zero-order chi connectivity index (χ0) is 14.6. The summed E-state index contributed by atoms with van der Waals surface area (Å²) in [5.41, 5.74) is 1.03. The van der Waals surface area contributed by atoms with Crippen molar-refractivity contribution in [3.8, 4) is 0 Å². The molecule has 5 heteroatoms. The molecule has 0 saturated heterocycles. The molecule has 1 aromatic heterocycles. The van der Waals surface area contributed by atoms with Crippen LogP contribution >= 0.6 is 11.3 Å². The number of sulfonamides is 1. The van der Waals surface area contributed by atoms with Crippen molar-refractivity contribution >= 4 is 21.4 Å². The summed E-state index contributed by atoms with van der Waals surface area (Å²) < 4.78 is 27.5. The molecule has 0 bridgehead atoms. The molecular formula is C15H17NO2S2. The van der Waals surface area contributed by atoms with Crippen LogP contribution in [-0.2, 0) is 10.0 Å². The third-order valence-corrected chi connectivity index (χ3v) is 5.39. The lowest BCUT2D eigenvalue weighted by Gasteiger charge is -2.16. The second-order valence-corrected chi connectivity index (χ2v) is 7.22. The fraction of sp³-hybridized carbons (Fsp3) is 0.200. The Morgan fingerprint density at radius 1 is 1.30 bits per heavy atom. The number of aryl methyl sites for hydroxylation is 1. The van der Waals surface area contributed by atoms with Crippen LogP contribution < -0.4 is 4.72 Å². The average Bonchev–Trinajstić information content (AvgIpc) is 2.92. The minimum atomic E-state index is -3.52. The van der Waals surface area contributed by atoms with Crippen LogP contribution in [0.5, 0.6) is 0 Å². The van der Waals surface area contributed by atoms with E-state index in [1.165, 1.54) is 11.3 Å². The highest BCUT2D eigenvalue weighted by Crippen LogP contribution is 2.24. The van der Waals surface area contributed by atoms with Gasteiger partial charge < -0.3 is 0 Å². The van der Waals surface area contributed by atoms with Gasteiger partial charge in [0.25, 0.3) is 0 Å². The first-order chi connectivity index (χ1) is 9.53. The molecule has 1 aromatic carbocycles. The highest BCUT2D eigenvalue weighted by Gasteiger charge is 2.21. The number of benzene rings is 1. The Balaban J connectivity index is 2.25. The molecule has 1 unspecified atom stereocenters. The number of nitrogens with one attached hydrogen (secondary N) is 1. The van der Waals surface area contributed by atoms with Crippen LogP contribution in [0.3, 0.4) is 0 Å². The first kappa shape index (κ1) is 15.0. The van der Waals surface area contributed by atoms with Crippen molar-refractivity contribution in [2.45, 2.75) is 24.3 Å². The van der Waals surface area contributed by atoms with Crippen molar-refractivity contribution in [3.05, 3.63) is 64.9 Å². The molecule has 0 saturated carbocycles. The van der Waals surface area contributed by atoms with Crippen molar-refractivity contribution in [1.82, 2.24) is 4.72 Å². The van der Waals surface area contributed by atoms with E-state index in [-0.39, 0.29) is 10.9 Å². The first-order valence-corrected chi connectivity index (χ1v) is 8.62. The van der Waals surface area contributed by atoms with Crippen LogP contribution in [0.4, 0.5) is 0 Å². The molecule has 0 aliphatic carbocycles. The lowest BCUT2D eigenvalue weighted by atomic mass is 10.2. The van der Waals surface area contributed by atoms with Crippen molar-refractivity contribution in [2.75, 3.05) is 0 Å². The first-order valence-electron chi connectivity index (χ1n) is 6.26. The fourth-order valence-electron chi connectivity index (χ4n) is 1.85. The van der Waals surface area contributed by atoms with E-state index in [1.807, 2.05) is 24.4 Å². The summed E-state index contributed by atoms with van der Waals surface area (Å²) >= 11 is 1.53. The Hall–Kier alpha value is -1.43. The van der Waals surface area contributed by atoms with Gasteiger partial charge in [-0.3, -0.25) is 0 Å². The van der Waals surface area contributed by atoms with Gasteiger partial charge in [-0.2, -0.15) is 0 Å². The molecule has 106 valence electrons. The van der Waals surface area contributed by atoms with Crippen LogP contribution in [0, 0.1) is 6.92 Å². The molecule has 0 spiro atoms. The molecule has 0 aliphatic rings. The van der Waals surface area contributed by atoms with Gasteiger partial charge in [0.1, 0.15) is 0 Å². The quantitative estimate of drug-likeness (QED) is 0.828. The summed E-state index contributed by atoms with van der Waals surface area (Å²) in [6.07, 6.45) is 2.29. The lowest BCUT2D eigenvalue weighted by Crippen LogP contribution is -2.27. The van der Waals surface area contributed by atoms with Crippen LogP contribution in [-0.4, -0.2) is 8.42 Å². The largest absolute Gasteiger partial charge is 0.241 e. The van der Waals surface area contributed by atoms with Crippen LogP contribution in [0.25, 0.3) is 0 Å². The average molecular weight is 307 g/mol. The minimum absolute atomic E-state index is 0.265. The van der Waals surface area contributed by atoms with Crippen LogP contribution in [0.1, 0.15) is 22.9 Å². The normalized spacial score (nSPS) is 13.1. The van der Waals surface area contributed by atoms with Gasteiger partial charge in [-0.15, -0.1) is 17.9 Å². The Morgan fingerprint density at radius 3 is 2.55 bits per heavy atom. The summed E-state index contributed by atoms with van der Waals surface area (Å²) in [7, 11) is -3.52. The highest BCUT2D eigenvalue weighted by atomic mass is 32.2. The zero-order valence-electron chi connectivity index (χ0n) is 11.2. The molecular weight excluding hydrogens is 290 g/mol. The fourth-order valence-corrected chi connectivity index (χ4v) is 3.94. The highest BCUT2D eigenvalue weighted by molar-refractivity contribution is 7.89. The lowest BCUT2D eigenvalue weighted by molar-refractivity contribution is 0.560. The van der Waals surface area contributed by atoms with Gasteiger partial charge in [0.05, 0.1) is 10.9 Å². The van der Waals surface area contributed by atoms with Crippen molar-refractivity contribution in [2.24, 2.45) is 0 Å². The number of hydrogen-bond acceptors (Lipinski definition) is 3. The van der Waals surface area contributed by atoms with E-state index >= 15 is 0 Å². The molecule has 2 aromatic rings. The van der Waals surface area contributed by atoms with Crippen molar-refractivity contribution in [1.29, 1.82) is 0 Å². The molecule has 2 rings (SSSR count). The minimum Gasteiger partial charge on any atom is -0.207 e. The van der Waals surface area contributed by atoms with Crippen molar-refractivity contribution < 1.29 is 8.42 Å². The van der Waals surface area contributed by atoms with Gasteiger partial charge >= 0.3 is 0 Å². The summed E-state index contributed by atoms with van der Waals surface area (Å²) in [6.45, 7) is 5.62. The van der Waals surface area contributed by atoms with E-state index in [0.29, 0.717) is 6.42 Å². The van der Waals surface area contributed by atoms with Gasteiger partial charge in [-0.05, 0) is 36.9 Å².